The Labute approximate surface area is 91.6 Å². The number of nitrogens with one attached hydrogen (secondary N) is 1. The minimum Gasteiger partial charge on any atom is -0.497 e. The minimum atomic E-state index is -0.190. The quantitative estimate of drug-likeness (QED) is 0.845. The molecule has 76 valence electrons. The topological polar surface area (TPSA) is 38.3 Å². The largest absolute Gasteiger partial charge is 0.497 e. The van der Waals surface area contributed by atoms with Crippen LogP contribution in [0.1, 0.15) is 6.92 Å². The maximum atomic E-state index is 11.3. The zero-order chi connectivity index (χ0) is 10.6. The van der Waals surface area contributed by atoms with Crippen molar-refractivity contribution in [2.75, 3.05) is 12.4 Å². The first kappa shape index (κ1) is 11.0. The van der Waals surface area contributed by atoms with Crippen LogP contribution in [0.5, 0.6) is 5.75 Å². The van der Waals surface area contributed by atoms with Crippen LogP contribution in [0.3, 0.4) is 0 Å². The third kappa shape index (κ3) is 3.03. The van der Waals surface area contributed by atoms with E-state index < -0.39 is 0 Å². The highest BCUT2D eigenvalue weighted by atomic mass is 79.9. The summed E-state index contributed by atoms with van der Waals surface area (Å²) in [5.74, 6) is 0.713. The highest BCUT2D eigenvalue weighted by Crippen LogP contribution is 2.15. The smallest absolute Gasteiger partial charge is 0.237 e. The van der Waals surface area contributed by atoms with Crippen molar-refractivity contribution in [2.24, 2.45) is 0 Å². The molecule has 0 bridgehead atoms. The van der Waals surface area contributed by atoms with E-state index in [1.165, 1.54) is 0 Å². The van der Waals surface area contributed by atoms with E-state index in [-0.39, 0.29) is 10.7 Å². The molecule has 0 aliphatic carbocycles. The molecule has 1 aromatic carbocycles. The van der Waals surface area contributed by atoms with Crippen LogP contribution < -0.4 is 10.1 Å². The van der Waals surface area contributed by atoms with Crippen LogP contribution >= 0.6 is 15.9 Å². The van der Waals surface area contributed by atoms with E-state index in [1.54, 1.807) is 38.3 Å². The van der Waals surface area contributed by atoms with Gasteiger partial charge in [-0.05, 0) is 31.2 Å². The first-order valence-electron chi connectivity index (χ1n) is 4.22. The number of halogens is 1. The van der Waals surface area contributed by atoms with Crippen LogP contribution in [0.15, 0.2) is 24.3 Å². The summed E-state index contributed by atoms with van der Waals surface area (Å²) in [5, 5.41) is 2.75. The number of hydrogen-bond acceptors (Lipinski definition) is 2. The molecule has 0 spiro atoms. The summed E-state index contributed by atoms with van der Waals surface area (Å²) < 4.78 is 5.00. The van der Waals surface area contributed by atoms with E-state index >= 15 is 0 Å². The Hall–Kier alpha value is -1.03. The van der Waals surface area contributed by atoms with Gasteiger partial charge in [-0.2, -0.15) is 0 Å². The van der Waals surface area contributed by atoms with E-state index in [0.717, 1.165) is 11.4 Å². The van der Waals surface area contributed by atoms with Crippen molar-refractivity contribution in [1.29, 1.82) is 0 Å². The third-order valence-corrected chi connectivity index (χ3v) is 2.13. The number of rotatable bonds is 3. The van der Waals surface area contributed by atoms with Gasteiger partial charge in [0.15, 0.2) is 0 Å². The molecule has 0 radical (unpaired) electrons. The molecule has 14 heavy (non-hydrogen) atoms. The molecule has 3 nitrogen and oxygen atoms in total. The second kappa shape index (κ2) is 5.00. The fourth-order valence-corrected chi connectivity index (χ4v) is 1.03. The second-order valence-electron chi connectivity index (χ2n) is 2.83. The van der Waals surface area contributed by atoms with E-state index in [4.69, 9.17) is 4.74 Å². The monoisotopic (exact) mass is 257 g/mol. The summed E-state index contributed by atoms with van der Waals surface area (Å²) in [4.78, 5) is 11.1. The van der Waals surface area contributed by atoms with Crippen molar-refractivity contribution in [3.63, 3.8) is 0 Å². The lowest BCUT2D eigenvalue weighted by atomic mass is 10.3. The molecular weight excluding hydrogens is 246 g/mol. The molecule has 1 unspecified atom stereocenters. The highest BCUT2D eigenvalue weighted by molar-refractivity contribution is 9.10. The van der Waals surface area contributed by atoms with Gasteiger partial charge in [-0.15, -0.1) is 0 Å². The molecule has 1 rings (SSSR count). The number of carbonyl (C=O) groups excluding carboxylic acids is 1. The number of ether oxygens (including phenoxy) is 1. The van der Waals surface area contributed by atoms with E-state index in [2.05, 4.69) is 21.2 Å². The molecule has 0 heterocycles. The molecule has 0 aromatic heterocycles. The SMILES string of the molecule is COc1ccc(NC(=O)C(C)Br)cc1. The van der Waals surface area contributed by atoms with Gasteiger partial charge in [-0.3, -0.25) is 4.79 Å². The zero-order valence-corrected chi connectivity index (χ0v) is 9.67. The van der Waals surface area contributed by atoms with Crippen molar-refractivity contribution in [2.45, 2.75) is 11.8 Å². The molecule has 0 saturated carbocycles. The van der Waals surface area contributed by atoms with Gasteiger partial charge in [0.05, 0.1) is 11.9 Å². The standard InChI is InChI=1S/C10H12BrNO2/c1-7(11)10(13)12-8-3-5-9(14-2)6-4-8/h3-7H,1-2H3,(H,12,13). The summed E-state index contributed by atoms with van der Waals surface area (Å²) in [6.07, 6.45) is 0. The summed E-state index contributed by atoms with van der Waals surface area (Å²) in [5.41, 5.74) is 0.766. The lowest BCUT2D eigenvalue weighted by Gasteiger charge is -2.07. The number of amides is 1. The summed E-state index contributed by atoms with van der Waals surface area (Å²) >= 11 is 3.19. The average Bonchev–Trinajstić information content (AvgIpc) is 2.19. The molecule has 0 saturated heterocycles. The average molecular weight is 258 g/mol. The van der Waals surface area contributed by atoms with Gasteiger partial charge in [0.2, 0.25) is 5.91 Å². The van der Waals surface area contributed by atoms with Gasteiger partial charge in [0, 0.05) is 5.69 Å². The molecule has 1 amide bonds. The lowest BCUT2D eigenvalue weighted by molar-refractivity contribution is -0.115. The van der Waals surface area contributed by atoms with Gasteiger partial charge < -0.3 is 10.1 Å². The minimum absolute atomic E-state index is 0.0600. The lowest BCUT2D eigenvalue weighted by Crippen LogP contribution is -2.19. The molecule has 1 N–H and O–H groups in total. The Bertz CT molecular complexity index is 308. The van der Waals surface area contributed by atoms with E-state index in [1.807, 2.05) is 0 Å². The van der Waals surface area contributed by atoms with Crippen LogP contribution in [-0.2, 0) is 4.79 Å². The predicted octanol–water partition coefficient (Wildman–Crippen LogP) is 2.42. The first-order valence-corrected chi connectivity index (χ1v) is 5.14. The van der Waals surface area contributed by atoms with Crippen LogP contribution in [0, 0.1) is 0 Å². The highest BCUT2D eigenvalue weighted by Gasteiger charge is 2.07. The fraction of sp³-hybridized carbons (Fsp3) is 0.300. The molecule has 1 atom stereocenters. The Morgan fingerprint density at radius 1 is 1.43 bits per heavy atom. The normalized spacial score (nSPS) is 11.9. The van der Waals surface area contributed by atoms with Gasteiger partial charge in [0.1, 0.15) is 5.75 Å². The maximum Gasteiger partial charge on any atom is 0.237 e. The number of anilines is 1. The molecule has 4 heteroatoms. The van der Waals surface area contributed by atoms with Crippen LogP contribution in [-0.4, -0.2) is 17.8 Å². The Kier molecular flexibility index (Phi) is 3.95. The summed E-state index contributed by atoms with van der Waals surface area (Å²) in [6, 6.07) is 7.20. The summed E-state index contributed by atoms with van der Waals surface area (Å²) in [7, 11) is 1.61. The Balaban J connectivity index is 2.64. The molecule has 1 aromatic rings. The van der Waals surface area contributed by atoms with E-state index in [9.17, 15) is 4.79 Å². The van der Waals surface area contributed by atoms with Gasteiger partial charge >= 0.3 is 0 Å². The van der Waals surface area contributed by atoms with Crippen LogP contribution in [0.25, 0.3) is 0 Å². The van der Waals surface area contributed by atoms with Gasteiger partial charge in [0.25, 0.3) is 0 Å². The Morgan fingerprint density at radius 2 is 2.00 bits per heavy atom. The van der Waals surface area contributed by atoms with Crippen LogP contribution in [0.4, 0.5) is 5.69 Å². The predicted molar refractivity (Wildman–Crippen MR) is 60.0 cm³/mol. The van der Waals surface area contributed by atoms with Crippen molar-refractivity contribution in [3.05, 3.63) is 24.3 Å². The Morgan fingerprint density at radius 3 is 2.43 bits per heavy atom. The van der Waals surface area contributed by atoms with E-state index in [0.29, 0.717) is 0 Å². The summed E-state index contributed by atoms with van der Waals surface area (Å²) in [6.45, 7) is 1.78. The van der Waals surface area contributed by atoms with Crippen LogP contribution in [0.2, 0.25) is 0 Å². The first-order chi connectivity index (χ1) is 6.63. The van der Waals surface area contributed by atoms with Crippen molar-refractivity contribution < 1.29 is 9.53 Å². The molecule has 0 aliphatic rings. The number of methoxy groups -OCH3 is 1. The number of benzene rings is 1. The van der Waals surface area contributed by atoms with Crippen molar-refractivity contribution >= 4 is 27.5 Å². The molecule has 0 fully saturated rings. The van der Waals surface area contributed by atoms with Crippen molar-refractivity contribution in [1.82, 2.24) is 0 Å². The van der Waals surface area contributed by atoms with Gasteiger partial charge in [-0.1, -0.05) is 15.9 Å². The van der Waals surface area contributed by atoms with Crippen molar-refractivity contribution in [3.8, 4) is 5.75 Å². The zero-order valence-electron chi connectivity index (χ0n) is 8.08. The second-order valence-corrected chi connectivity index (χ2v) is 4.21. The third-order valence-electron chi connectivity index (χ3n) is 1.72. The maximum absolute atomic E-state index is 11.3. The number of alkyl halides is 1. The molecular formula is C10H12BrNO2. The molecule has 0 aliphatic heterocycles. The van der Waals surface area contributed by atoms with Gasteiger partial charge in [-0.25, -0.2) is 0 Å². The number of hydrogen-bond donors (Lipinski definition) is 1. The number of carbonyl (C=O) groups is 1. The fourth-order valence-electron chi connectivity index (χ4n) is 0.916.